The molecule has 2 rings (SSSR count). The molecule has 0 aliphatic carbocycles. The van der Waals surface area contributed by atoms with Gasteiger partial charge >= 0.3 is 6.18 Å². The van der Waals surface area contributed by atoms with Gasteiger partial charge in [-0.1, -0.05) is 18.2 Å². The van der Waals surface area contributed by atoms with E-state index >= 15 is 0 Å². The number of benzene rings is 2. The Morgan fingerprint density at radius 3 is 2.38 bits per heavy atom. The molecule has 2 aromatic carbocycles. The van der Waals surface area contributed by atoms with Crippen LogP contribution in [-0.4, -0.2) is 0 Å². The molecule has 21 heavy (non-hydrogen) atoms. The number of halogens is 4. The number of aryl methyl sites for hydroxylation is 1. The van der Waals surface area contributed by atoms with E-state index in [9.17, 15) is 13.2 Å². The Labute approximate surface area is 126 Å². The van der Waals surface area contributed by atoms with E-state index in [2.05, 4.69) is 0 Å². The summed E-state index contributed by atoms with van der Waals surface area (Å²) in [5.41, 5.74) is 1.35. The Balaban J connectivity index is 2.46. The summed E-state index contributed by atoms with van der Waals surface area (Å²) < 4.78 is 44.9. The smallest absolute Gasteiger partial charge is 0.419 e. The highest BCUT2D eigenvalue weighted by atomic mass is 35.5. The van der Waals surface area contributed by atoms with E-state index < -0.39 is 11.7 Å². The Hall–Kier alpha value is -1.68. The normalized spacial score (nSPS) is 11.5. The second-order valence-corrected chi connectivity index (χ2v) is 5.03. The van der Waals surface area contributed by atoms with Crippen LogP contribution in [0.4, 0.5) is 13.2 Å². The fourth-order valence-electron chi connectivity index (χ4n) is 1.92. The Bertz CT molecular complexity index is 650. The van der Waals surface area contributed by atoms with Gasteiger partial charge in [0.1, 0.15) is 11.5 Å². The van der Waals surface area contributed by atoms with Crippen LogP contribution in [0.5, 0.6) is 11.5 Å². The molecule has 0 amide bonds. The van der Waals surface area contributed by atoms with Crippen molar-refractivity contribution in [2.24, 2.45) is 0 Å². The number of hydrogen-bond acceptors (Lipinski definition) is 1. The minimum Gasteiger partial charge on any atom is -0.456 e. The first kappa shape index (κ1) is 15.7. The zero-order valence-electron chi connectivity index (χ0n) is 11.6. The van der Waals surface area contributed by atoms with Gasteiger partial charge in [-0.15, -0.1) is 11.6 Å². The monoisotopic (exact) mass is 314 g/mol. The first-order valence-corrected chi connectivity index (χ1v) is 6.86. The van der Waals surface area contributed by atoms with Gasteiger partial charge in [-0.25, -0.2) is 0 Å². The lowest BCUT2D eigenvalue weighted by Gasteiger charge is -2.16. The average molecular weight is 315 g/mol. The number of hydrogen-bond donors (Lipinski definition) is 0. The lowest BCUT2D eigenvalue weighted by molar-refractivity contribution is -0.138. The van der Waals surface area contributed by atoms with Gasteiger partial charge in [0.05, 0.1) is 5.56 Å². The van der Waals surface area contributed by atoms with Crippen LogP contribution in [0.25, 0.3) is 0 Å². The molecule has 112 valence electrons. The summed E-state index contributed by atoms with van der Waals surface area (Å²) in [6.07, 6.45) is -4.49. The van der Waals surface area contributed by atoms with Crippen molar-refractivity contribution in [2.75, 3.05) is 0 Å². The SMILES string of the molecule is Cc1cccc(Oc2ccc(CCl)cc2C(F)(F)F)c1C. The van der Waals surface area contributed by atoms with Crippen molar-refractivity contribution in [1.82, 2.24) is 0 Å². The molecule has 0 spiro atoms. The lowest BCUT2D eigenvalue weighted by atomic mass is 10.1. The fourth-order valence-corrected chi connectivity index (χ4v) is 2.09. The van der Waals surface area contributed by atoms with Crippen molar-refractivity contribution in [2.45, 2.75) is 25.9 Å². The van der Waals surface area contributed by atoms with E-state index in [1.165, 1.54) is 12.1 Å². The molecule has 0 N–H and O–H groups in total. The molecule has 0 atom stereocenters. The summed E-state index contributed by atoms with van der Waals surface area (Å²) in [4.78, 5) is 0. The van der Waals surface area contributed by atoms with Gasteiger partial charge in [0.15, 0.2) is 0 Å². The summed E-state index contributed by atoms with van der Waals surface area (Å²) in [7, 11) is 0. The summed E-state index contributed by atoms with van der Waals surface area (Å²) in [6.45, 7) is 3.69. The molecule has 2 aromatic rings. The van der Waals surface area contributed by atoms with Crippen LogP contribution in [0.2, 0.25) is 0 Å². The number of ether oxygens (including phenoxy) is 1. The summed E-state index contributed by atoms with van der Waals surface area (Å²) >= 11 is 5.60. The Kier molecular flexibility index (Phi) is 4.47. The van der Waals surface area contributed by atoms with E-state index in [-0.39, 0.29) is 11.6 Å². The topological polar surface area (TPSA) is 9.23 Å². The van der Waals surface area contributed by atoms with Gasteiger partial charge in [0.25, 0.3) is 0 Å². The van der Waals surface area contributed by atoms with Crippen molar-refractivity contribution in [3.05, 3.63) is 58.7 Å². The van der Waals surface area contributed by atoms with Gasteiger partial charge < -0.3 is 4.74 Å². The van der Waals surface area contributed by atoms with Crippen molar-refractivity contribution < 1.29 is 17.9 Å². The van der Waals surface area contributed by atoms with Crippen LogP contribution in [0.15, 0.2) is 36.4 Å². The Morgan fingerprint density at radius 2 is 1.76 bits per heavy atom. The molecule has 1 nitrogen and oxygen atoms in total. The zero-order valence-corrected chi connectivity index (χ0v) is 12.3. The largest absolute Gasteiger partial charge is 0.456 e. The van der Waals surface area contributed by atoms with Gasteiger partial charge in [-0.05, 0) is 48.7 Å². The molecule has 5 heteroatoms. The molecule has 0 aromatic heterocycles. The second-order valence-electron chi connectivity index (χ2n) is 4.76. The maximum absolute atomic E-state index is 13.1. The molecule has 0 bridgehead atoms. The molecule has 0 fully saturated rings. The van der Waals surface area contributed by atoms with Gasteiger partial charge in [-0.2, -0.15) is 13.2 Å². The van der Waals surface area contributed by atoms with Crippen molar-refractivity contribution in [3.8, 4) is 11.5 Å². The van der Waals surface area contributed by atoms with E-state index in [1.54, 1.807) is 12.1 Å². The van der Waals surface area contributed by atoms with Crippen molar-refractivity contribution in [1.29, 1.82) is 0 Å². The fraction of sp³-hybridized carbons (Fsp3) is 0.250. The van der Waals surface area contributed by atoms with Crippen LogP contribution in [0.3, 0.4) is 0 Å². The molecule has 0 radical (unpaired) electrons. The molecule has 0 unspecified atom stereocenters. The van der Waals surface area contributed by atoms with E-state index in [1.807, 2.05) is 19.9 Å². The number of alkyl halides is 4. The highest BCUT2D eigenvalue weighted by molar-refractivity contribution is 6.17. The third kappa shape index (κ3) is 3.50. The van der Waals surface area contributed by atoms with Gasteiger partial charge in [0.2, 0.25) is 0 Å². The van der Waals surface area contributed by atoms with Crippen LogP contribution >= 0.6 is 11.6 Å². The molecule has 0 saturated heterocycles. The highest BCUT2D eigenvalue weighted by Crippen LogP contribution is 2.39. The quantitative estimate of drug-likeness (QED) is 0.645. The molecular formula is C16H14ClF3O. The summed E-state index contributed by atoms with van der Waals surface area (Å²) in [6, 6.07) is 9.14. The van der Waals surface area contributed by atoms with Crippen LogP contribution in [-0.2, 0) is 12.1 Å². The van der Waals surface area contributed by atoms with E-state index in [0.29, 0.717) is 11.3 Å². The predicted molar refractivity (Wildman–Crippen MR) is 77.0 cm³/mol. The molecule has 0 heterocycles. The molecule has 0 aliphatic rings. The molecular weight excluding hydrogens is 301 g/mol. The zero-order chi connectivity index (χ0) is 15.6. The summed E-state index contributed by atoms with van der Waals surface area (Å²) in [5.74, 6) is 0.219. The first-order chi connectivity index (χ1) is 9.82. The van der Waals surface area contributed by atoms with Crippen LogP contribution < -0.4 is 4.74 Å². The lowest BCUT2D eigenvalue weighted by Crippen LogP contribution is -2.08. The maximum Gasteiger partial charge on any atom is 0.419 e. The first-order valence-electron chi connectivity index (χ1n) is 6.33. The molecule has 0 aliphatic heterocycles. The van der Waals surface area contributed by atoms with Crippen LogP contribution in [0, 0.1) is 13.8 Å². The standard InChI is InChI=1S/C16H14ClF3O/c1-10-4-3-5-14(11(10)2)21-15-7-6-12(9-17)8-13(15)16(18,19)20/h3-8H,9H2,1-2H3. The molecule has 0 saturated carbocycles. The third-order valence-electron chi connectivity index (χ3n) is 3.28. The third-order valence-corrected chi connectivity index (χ3v) is 3.59. The predicted octanol–water partition coefficient (Wildman–Crippen LogP) is 5.85. The van der Waals surface area contributed by atoms with Crippen molar-refractivity contribution in [3.63, 3.8) is 0 Å². The maximum atomic E-state index is 13.1. The van der Waals surface area contributed by atoms with Gasteiger partial charge in [-0.3, -0.25) is 0 Å². The van der Waals surface area contributed by atoms with E-state index in [4.69, 9.17) is 16.3 Å². The average Bonchev–Trinajstić information content (AvgIpc) is 2.43. The number of rotatable bonds is 3. The second kappa shape index (κ2) is 5.98. The Morgan fingerprint density at radius 1 is 1.05 bits per heavy atom. The van der Waals surface area contributed by atoms with Crippen LogP contribution in [0.1, 0.15) is 22.3 Å². The summed E-state index contributed by atoms with van der Waals surface area (Å²) in [5, 5.41) is 0. The highest BCUT2D eigenvalue weighted by Gasteiger charge is 2.35. The van der Waals surface area contributed by atoms with Crippen molar-refractivity contribution >= 4 is 11.6 Å². The minimum absolute atomic E-state index is 0.0207. The van der Waals surface area contributed by atoms with E-state index in [0.717, 1.165) is 17.2 Å². The minimum atomic E-state index is -4.49. The van der Waals surface area contributed by atoms with Gasteiger partial charge in [0, 0.05) is 5.88 Å².